The molecule has 0 saturated heterocycles. The molecule has 1 heterocycles. The molecule has 0 amide bonds. The van der Waals surface area contributed by atoms with Crippen molar-refractivity contribution in [3.8, 4) is 0 Å². The number of rotatable bonds is 3. The third kappa shape index (κ3) is 2.23. The number of aryl methyl sites for hydroxylation is 1. The van der Waals surface area contributed by atoms with Crippen LogP contribution in [0.4, 0.5) is 0 Å². The van der Waals surface area contributed by atoms with Gasteiger partial charge in [0.25, 0.3) is 0 Å². The molecule has 3 nitrogen and oxygen atoms in total. The summed E-state index contributed by atoms with van der Waals surface area (Å²) >= 11 is 3.35. The van der Waals surface area contributed by atoms with Gasteiger partial charge in [-0.3, -0.25) is 9.48 Å². The average molecular weight is 257 g/mol. The third-order valence-corrected chi connectivity index (χ3v) is 3.15. The molecular weight excluding hydrogens is 244 g/mol. The summed E-state index contributed by atoms with van der Waals surface area (Å²) in [7, 11) is 0. The second kappa shape index (κ2) is 4.26. The standard InChI is InChI=1S/C10H13BrN2O/c11-9-6-12-13(7-9)5-4-8-2-1-3-10(8)14/h6-8H,1-5H2. The van der Waals surface area contributed by atoms with Gasteiger partial charge in [0.1, 0.15) is 5.78 Å². The lowest BCUT2D eigenvalue weighted by atomic mass is 10.0. The van der Waals surface area contributed by atoms with Crippen molar-refractivity contribution in [1.82, 2.24) is 9.78 Å². The van der Waals surface area contributed by atoms with E-state index in [1.807, 2.05) is 10.9 Å². The quantitative estimate of drug-likeness (QED) is 0.833. The minimum atomic E-state index is 0.290. The van der Waals surface area contributed by atoms with Crippen molar-refractivity contribution in [2.24, 2.45) is 5.92 Å². The van der Waals surface area contributed by atoms with Crippen molar-refractivity contribution < 1.29 is 4.79 Å². The molecule has 4 heteroatoms. The van der Waals surface area contributed by atoms with Crippen LogP contribution in [0.15, 0.2) is 16.9 Å². The van der Waals surface area contributed by atoms with Gasteiger partial charge < -0.3 is 0 Å². The molecule has 1 unspecified atom stereocenters. The number of nitrogens with zero attached hydrogens (tertiary/aromatic N) is 2. The second-order valence-electron chi connectivity index (χ2n) is 3.77. The van der Waals surface area contributed by atoms with Crippen LogP contribution in [0.5, 0.6) is 0 Å². The molecule has 0 aromatic carbocycles. The topological polar surface area (TPSA) is 34.9 Å². The van der Waals surface area contributed by atoms with Gasteiger partial charge in [-0.25, -0.2) is 0 Å². The van der Waals surface area contributed by atoms with Crippen molar-refractivity contribution in [1.29, 1.82) is 0 Å². The molecule has 14 heavy (non-hydrogen) atoms. The highest BCUT2D eigenvalue weighted by molar-refractivity contribution is 9.10. The average Bonchev–Trinajstić information content (AvgIpc) is 2.72. The fourth-order valence-electron chi connectivity index (χ4n) is 1.94. The molecule has 2 rings (SSSR count). The molecule has 1 aliphatic rings. The van der Waals surface area contributed by atoms with E-state index in [0.717, 1.165) is 36.7 Å². The summed E-state index contributed by atoms with van der Waals surface area (Å²) < 4.78 is 2.88. The predicted molar refractivity (Wildman–Crippen MR) is 56.9 cm³/mol. The summed E-state index contributed by atoms with van der Waals surface area (Å²) in [5.74, 6) is 0.731. The van der Waals surface area contributed by atoms with E-state index in [1.54, 1.807) is 6.20 Å². The molecule has 1 aromatic rings. The van der Waals surface area contributed by atoms with E-state index in [1.165, 1.54) is 0 Å². The third-order valence-electron chi connectivity index (χ3n) is 2.74. The number of carbonyl (C=O) groups excluding carboxylic acids is 1. The van der Waals surface area contributed by atoms with Crippen LogP contribution in [0.1, 0.15) is 25.7 Å². The van der Waals surface area contributed by atoms with Crippen molar-refractivity contribution in [2.45, 2.75) is 32.2 Å². The van der Waals surface area contributed by atoms with Crippen LogP contribution in [-0.2, 0) is 11.3 Å². The number of hydrogen-bond acceptors (Lipinski definition) is 2. The Bertz CT molecular complexity index is 335. The van der Waals surface area contributed by atoms with Crippen molar-refractivity contribution in [3.05, 3.63) is 16.9 Å². The first-order valence-corrected chi connectivity index (χ1v) is 5.75. The minimum absolute atomic E-state index is 0.290. The van der Waals surface area contributed by atoms with E-state index in [-0.39, 0.29) is 5.92 Å². The molecule has 1 atom stereocenters. The van der Waals surface area contributed by atoms with Gasteiger partial charge in [-0.05, 0) is 35.2 Å². The Kier molecular flexibility index (Phi) is 3.01. The maximum atomic E-state index is 11.4. The van der Waals surface area contributed by atoms with Crippen LogP contribution in [0.2, 0.25) is 0 Å². The Hall–Kier alpha value is -0.640. The minimum Gasteiger partial charge on any atom is -0.299 e. The first kappa shape index (κ1) is 9.90. The lowest BCUT2D eigenvalue weighted by Crippen LogP contribution is -2.10. The Labute approximate surface area is 91.6 Å². The van der Waals surface area contributed by atoms with Gasteiger partial charge in [-0.15, -0.1) is 0 Å². The van der Waals surface area contributed by atoms with Crippen LogP contribution in [0, 0.1) is 5.92 Å². The molecular formula is C10H13BrN2O. The fraction of sp³-hybridized carbons (Fsp3) is 0.600. The zero-order chi connectivity index (χ0) is 9.97. The number of hydrogen-bond donors (Lipinski definition) is 0. The van der Waals surface area contributed by atoms with E-state index in [4.69, 9.17) is 0 Å². The van der Waals surface area contributed by atoms with Crippen LogP contribution in [-0.4, -0.2) is 15.6 Å². The van der Waals surface area contributed by atoms with Crippen molar-refractivity contribution in [3.63, 3.8) is 0 Å². The van der Waals surface area contributed by atoms with Gasteiger partial charge in [0.05, 0.1) is 10.7 Å². The van der Waals surface area contributed by atoms with Gasteiger partial charge in [-0.2, -0.15) is 5.10 Å². The van der Waals surface area contributed by atoms with E-state index >= 15 is 0 Å². The van der Waals surface area contributed by atoms with E-state index in [9.17, 15) is 4.79 Å². The largest absolute Gasteiger partial charge is 0.299 e. The number of carbonyl (C=O) groups is 1. The molecule has 0 spiro atoms. The van der Waals surface area contributed by atoms with Gasteiger partial charge in [0.15, 0.2) is 0 Å². The number of ketones is 1. The van der Waals surface area contributed by atoms with Crippen molar-refractivity contribution in [2.75, 3.05) is 0 Å². The summed E-state index contributed by atoms with van der Waals surface area (Å²) in [6, 6.07) is 0. The molecule has 1 aliphatic carbocycles. The lowest BCUT2D eigenvalue weighted by Gasteiger charge is -2.06. The van der Waals surface area contributed by atoms with Crippen LogP contribution < -0.4 is 0 Å². The molecule has 0 radical (unpaired) electrons. The monoisotopic (exact) mass is 256 g/mol. The number of halogens is 1. The maximum absolute atomic E-state index is 11.4. The fourth-order valence-corrected chi connectivity index (χ4v) is 2.27. The smallest absolute Gasteiger partial charge is 0.136 e. The predicted octanol–water partition coefficient (Wildman–Crippen LogP) is 2.40. The van der Waals surface area contributed by atoms with E-state index in [2.05, 4.69) is 21.0 Å². The number of Topliss-reactive ketones (excluding diaryl/α,β-unsaturated/α-hetero) is 1. The van der Waals surface area contributed by atoms with Gasteiger partial charge in [0, 0.05) is 25.1 Å². The molecule has 76 valence electrons. The summed E-state index contributed by atoms with van der Waals surface area (Å²) in [6.07, 6.45) is 7.59. The Morgan fingerprint density at radius 3 is 3.07 bits per heavy atom. The molecule has 1 fully saturated rings. The highest BCUT2D eigenvalue weighted by Crippen LogP contribution is 2.24. The summed E-state index contributed by atoms with van der Waals surface area (Å²) in [4.78, 5) is 11.4. The summed E-state index contributed by atoms with van der Waals surface area (Å²) in [5, 5.41) is 4.16. The van der Waals surface area contributed by atoms with Gasteiger partial charge in [0.2, 0.25) is 0 Å². The highest BCUT2D eigenvalue weighted by atomic mass is 79.9. The second-order valence-corrected chi connectivity index (χ2v) is 4.68. The summed E-state index contributed by atoms with van der Waals surface area (Å²) in [6.45, 7) is 0.849. The van der Waals surface area contributed by atoms with Crippen LogP contribution >= 0.6 is 15.9 Å². The Balaban J connectivity index is 1.85. The first-order chi connectivity index (χ1) is 6.75. The van der Waals surface area contributed by atoms with E-state index < -0.39 is 0 Å². The highest BCUT2D eigenvalue weighted by Gasteiger charge is 2.23. The van der Waals surface area contributed by atoms with Crippen LogP contribution in [0.3, 0.4) is 0 Å². The Morgan fingerprint density at radius 2 is 2.50 bits per heavy atom. The molecule has 0 bridgehead atoms. The van der Waals surface area contributed by atoms with Gasteiger partial charge >= 0.3 is 0 Å². The SMILES string of the molecule is O=C1CCCC1CCn1cc(Br)cn1. The van der Waals surface area contributed by atoms with E-state index in [0.29, 0.717) is 5.78 Å². The maximum Gasteiger partial charge on any atom is 0.136 e. The zero-order valence-electron chi connectivity index (χ0n) is 7.95. The lowest BCUT2D eigenvalue weighted by molar-refractivity contribution is -0.120. The van der Waals surface area contributed by atoms with Crippen molar-refractivity contribution >= 4 is 21.7 Å². The molecule has 0 N–H and O–H groups in total. The molecule has 1 saturated carbocycles. The Morgan fingerprint density at radius 1 is 1.64 bits per heavy atom. The molecule has 0 aliphatic heterocycles. The number of aromatic nitrogens is 2. The van der Waals surface area contributed by atoms with Gasteiger partial charge in [-0.1, -0.05) is 0 Å². The van der Waals surface area contributed by atoms with Crippen LogP contribution in [0.25, 0.3) is 0 Å². The first-order valence-electron chi connectivity index (χ1n) is 4.96. The zero-order valence-corrected chi connectivity index (χ0v) is 9.53. The normalized spacial score (nSPS) is 21.8. The summed E-state index contributed by atoms with van der Waals surface area (Å²) in [5.41, 5.74) is 0. The molecule has 1 aromatic heterocycles.